The van der Waals surface area contributed by atoms with Crippen LogP contribution in [0.4, 0.5) is 11.4 Å². The highest BCUT2D eigenvalue weighted by Crippen LogP contribution is 2.12. The molecule has 1 atom stereocenters. The lowest BCUT2D eigenvalue weighted by Crippen LogP contribution is -2.31. The van der Waals surface area contributed by atoms with Crippen LogP contribution in [0.3, 0.4) is 0 Å². The Balaban J connectivity index is 1.84. The van der Waals surface area contributed by atoms with Crippen LogP contribution < -0.4 is 21.3 Å². The number of amides is 3. The Morgan fingerprint density at radius 1 is 0.968 bits per heavy atom. The summed E-state index contributed by atoms with van der Waals surface area (Å²) in [6.45, 7) is 4.85. The van der Waals surface area contributed by atoms with Gasteiger partial charge in [0.2, 0.25) is 5.91 Å². The second-order valence-corrected chi connectivity index (χ2v) is 7.09. The Morgan fingerprint density at radius 2 is 1.71 bits per heavy atom. The molecule has 8 nitrogen and oxygen atoms in total. The molecule has 0 aliphatic carbocycles. The zero-order chi connectivity index (χ0) is 22.6. The first-order valence-electron chi connectivity index (χ1n) is 10.2. The van der Waals surface area contributed by atoms with Crippen LogP contribution in [0.15, 0.2) is 48.5 Å². The van der Waals surface area contributed by atoms with Gasteiger partial charge in [-0.25, -0.2) is 0 Å². The Hall–Kier alpha value is -3.39. The van der Waals surface area contributed by atoms with Crippen molar-refractivity contribution in [3.63, 3.8) is 0 Å². The SMILES string of the molecule is CCC(C)NC(=O)c1ccc(NC(=O)CNc2cccc(C(=O)NCCOC)c2)cc1. The molecule has 1 unspecified atom stereocenters. The molecular formula is C23H30N4O4. The third-order valence-corrected chi connectivity index (χ3v) is 4.59. The molecule has 0 aliphatic heterocycles. The molecule has 0 aliphatic rings. The molecule has 0 bridgehead atoms. The van der Waals surface area contributed by atoms with E-state index in [9.17, 15) is 14.4 Å². The van der Waals surface area contributed by atoms with Crippen molar-refractivity contribution in [3.05, 3.63) is 59.7 Å². The van der Waals surface area contributed by atoms with Gasteiger partial charge in [0.25, 0.3) is 11.8 Å². The minimum Gasteiger partial charge on any atom is -0.383 e. The molecule has 0 radical (unpaired) electrons. The van der Waals surface area contributed by atoms with Crippen molar-refractivity contribution in [3.8, 4) is 0 Å². The van der Waals surface area contributed by atoms with Crippen LogP contribution in [0, 0.1) is 0 Å². The summed E-state index contributed by atoms with van der Waals surface area (Å²) in [6, 6.07) is 13.7. The number of hydrogen-bond donors (Lipinski definition) is 4. The normalized spacial score (nSPS) is 11.3. The fourth-order valence-corrected chi connectivity index (χ4v) is 2.64. The molecular weight excluding hydrogens is 396 g/mol. The van der Waals surface area contributed by atoms with Crippen LogP contribution in [-0.4, -0.2) is 50.6 Å². The molecule has 0 spiro atoms. The van der Waals surface area contributed by atoms with Crippen molar-refractivity contribution in [2.24, 2.45) is 0 Å². The fraction of sp³-hybridized carbons (Fsp3) is 0.348. The molecule has 8 heteroatoms. The minimum atomic E-state index is -0.244. The van der Waals surface area contributed by atoms with Gasteiger partial charge in [-0.1, -0.05) is 13.0 Å². The number of carbonyl (C=O) groups is 3. The van der Waals surface area contributed by atoms with Gasteiger partial charge in [0, 0.05) is 42.2 Å². The largest absolute Gasteiger partial charge is 0.383 e. The number of rotatable bonds is 11. The number of benzene rings is 2. The van der Waals surface area contributed by atoms with Crippen molar-refractivity contribution in [2.45, 2.75) is 26.3 Å². The van der Waals surface area contributed by atoms with Crippen LogP contribution in [0.2, 0.25) is 0 Å². The van der Waals surface area contributed by atoms with Gasteiger partial charge in [0.05, 0.1) is 13.2 Å². The van der Waals surface area contributed by atoms with Gasteiger partial charge in [0.15, 0.2) is 0 Å². The number of carbonyl (C=O) groups excluding carboxylic acids is 3. The van der Waals surface area contributed by atoms with Crippen LogP contribution in [0.5, 0.6) is 0 Å². The first kappa shape index (κ1) is 23.9. The number of anilines is 2. The summed E-state index contributed by atoms with van der Waals surface area (Å²) in [5.41, 5.74) is 2.29. The number of ether oxygens (including phenoxy) is 1. The highest BCUT2D eigenvalue weighted by Gasteiger charge is 2.10. The van der Waals surface area contributed by atoms with E-state index < -0.39 is 0 Å². The lowest BCUT2D eigenvalue weighted by molar-refractivity contribution is -0.114. The maximum Gasteiger partial charge on any atom is 0.251 e. The van der Waals surface area contributed by atoms with Crippen molar-refractivity contribution < 1.29 is 19.1 Å². The van der Waals surface area contributed by atoms with E-state index in [1.807, 2.05) is 13.8 Å². The summed E-state index contributed by atoms with van der Waals surface area (Å²) in [5.74, 6) is -0.589. The summed E-state index contributed by atoms with van der Waals surface area (Å²) < 4.78 is 4.91. The van der Waals surface area contributed by atoms with E-state index >= 15 is 0 Å². The van der Waals surface area contributed by atoms with Gasteiger partial charge in [-0.05, 0) is 55.8 Å². The average Bonchev–Trinajstić information content (AvgIpc) is 2.78. The van der Waals surface area contributed by atoms with E-state index in [0.717, 1.165) is 6.42 Å². The van der Waals surface area contributed by atoms with Gasteiger partial charge < -0.3 is 26.0 Å². The predicted octanol–water partition coefficient (Wildman–Crippen LogP) is 2.64. The second kappa shape index (κ2) is 12.3. The molecule has 0 aromatic heterocycles. The lowest BCUT2D eigenvalue weighted by Gasteiger charge is -2.12. The summed E-state index contributed by atoms with van der Waals surface area (Å²) in [6.07, 6.45) is 0.855. The van der Waals surface area contributed by atoms with E-state index in [1.54, 1.807) is 55.6 Å². The molecule has 0 heterocycles. The van der Waals surface area contributed by atoms with Crippen molar-refractivity contribution in [1.82, 2.24) is 10.6 Å². The average molecular weight is 427 g/mol. The maximum absolute atomic E-state index is 12.2. The Labute approximate surface area is 182 Å². The minimum absolute atomic E-state index is 0.0327. The van der Waals surface area contributed by atoms with Gasteiger partial charge >= 0.3 is 0 Å². The van der Waals surface area contributed by atoms with E-state index in [4.69, 9.17) is 4.74 Å². The van der Waals surface area contributed by atoms with Crippen molar-refractivity contribution in [1.29, 1.82) is 0 Å². The van der Waals surface area contributed by atoms with Crippen molar-refractivity contribution in [2.75, 3.05) is 37.4 Å². The number of nitrogens with one attached hydrogen (secondary N) is 4. The van der Waals surface area contributed by atoms with Crippen molar-refractivity contribution >= 4 is 29.1 Å². The maximum atomic E-state index is 12.2. The monoisotopic (exact) mass is 426 g/mol. The topological polar surface area (TPSA) is 109 Å². The van der Waals surface area contributed by atoms with E-state index in [2.05, 4.69) is 21.3 Å². The molecule has 31 heavy (non-hydrogen) atoms. The first-order chi connectivity index (χ1) is 14.9. The zero-order valence-electron chi connectivity index (χ0n) is 18.2. The van der Waals surface area contributed by atoms with Crippen LogP contribution in [0.25, 0.3) is 0 Å². The molecule has 2 aromatic rings. The first-order valence-corrected chi connectivity index (χ1v) is 10.2. The Kier molecular flexibility index (Phi) is 9.51. The van der Waals surface area contributed by atoms with Gasteiger partial charge in [-0.3, -0.25) is 14.4 Å². The van der Waals surface area contributed by atoms with E-state index in [1.165, 1.54) is 0 Å². The van der Waals surface area contributed by atoms with Crippen LogP contribution in [0.1, 0.15) is 41.0 Å². The molecule has 166 valence electrons. The summed E-state index contributed by atoms with van der Waals surface area (Å²) in [5, 5.41) is 11.4. The molecule has 0 saturated heterocycles. The van der Waals surface area contributed by atoms with E-state index in [-0.39, 0.29) is 30.3 Å². The molecule has 3 amide bonds. The molecule has 0 saturated carbocycles. The van der Waals surface area contributed by atoms with E-state index in [0.29, 0.717) is 35.7 Å². The fourth-order valence-electron chi connectivity index (χ4n) is 2.64. The molecule has 4 N–H and O–H groups in total. The number of hydrogen-bond acceptors (Lipinski definition) is 5. The quantitative estimate of drug-likeness (QED) is 0.413. The van der Waals surface area contributed by atoms with Crippen LogP contribution >= 0.6 is 0 Å². The van der Waals surface area contributed by atoms with Gasteiger partial charge in [0.1, 0.15) is 0 Å². The second-order valence-electron chi connectivity index (χ2n) is 7.09. The summed E-state index contributed by atoms with van der Waals surface area (Å²) in [4.78, 5) is 36.4. The smallest absolute Gasteiger partial charge is 0.251 e. The highest BCUT2D eigenvalue weighted by atomic mass is 16.5. The molecule has 2 rings (SSSR count). The Bertz CT molecular complexity index is 883. The highest BCUT2D eigenvalue weighted by molar-refractivity contribution is 5.97. The standard InChI is InChI=1S/C23H30N4O4/c1-4-16(2)26-23(30)17-8-10-19(11-9-17)27-21(28)15-25-20-7-5-6-18(14-20)22(29)24-12-13-31-3/h5-11,14,16,25H,4,12-13,15H2,1-3H3,(H,24,29)(H,26,30)(H,27,28). The third-order valence-electron chi connectivity index (χ3n) is 4.59. The lowest BCUT2D eigenvalue weighted by atomic mass is 10.1. The number of methoxy groups -OCH3 is 1. The molecule has 0 fully saturated rings. The van der Waals surface area contributed by atoms with Gasteiger partial charge in [-0.15, -0.1) is 0 Å². The predicted molar refractivity (Wildman–Crippen MR) is 121 cm³/mol. The molecule has 2 aromatic carbocycles. The van der Waals surface area contributed by atoms with Crippen LogP contribution in [-0.2, 0) is 9.53 Å². The third kappa shape index (κ3) is 8.10. The Morgan fingerprint density at radius 3 is 2.39 bits per heavy atom. The summed E-state index contributed by atoms with van der Waals surface area (Å²) >= 11 is 0. The zero-order valence-corrected chi connectivity index (χ0v) is 18.2. The summed E-state index contributed by atoms with van der Waals surface area (Å²) in [7, 11) is 1.57. The van der Waals surface area contributed by atoms with Gasteiger partial charge in [-0.2, -0.15) is 0 Å².